The van der Waals surface area contributed by atoms with Crippen LogP contribution in [0.2, 0.25) is 0 Å². The molecule has 0 spiro atoms. The standard InChI is InChI=1S/C10H13NO4S3/c1-6-3-9(7(2)17-6)18(14,15)11-5-16-4-8(11)10(12)13/h3,8H,4-5H2,1-2H3,(H,12,13)/t8-/m1/s1. The fourth-order valence-electron chi connectivity index (χ4n) is 1.85. The van der Waals surface area contributed by atoms with Gasteiger partial charge in [-0.3, -0.25) is 4.79 Å². The Morgan fingerprint density at radius 3 is 2.67 bits per heavy atom. The smallest absolute Gasteiger partial charge is 0.322 e. The lowest BCUT2D eigenvalue weighted by atomic mass is 10.4. The molecule has 0 amide bonds. The summed E-state index contributed by atoms with van der Waals surface area (Å²) in [7, 11) is -3.70. The van der Waals surface area contributed by atoms with Gasteiger partial charge in [-0.2, -0.15) is 4.31 Å². The second-order valence-electron chi connectivity index (χ2n) is 4.02. The maximum absolute atomic E-state index is 12.4. The fourth-order valence-corrected chi connectivity index (χ4v) is 6.51. The highest BCUT2D eigenvalue weighted by atomic mass is 32.2. The van der Waals surface area contributed by atoms with Crippen LogP contribution in [0.1, 0.15) is 9.75 Å². The Labute approximate surface area is 114 Å². The minimum Gasteiger partial charge on any atom is -0.480 e. The topological polar surface area (TPSA) is 74.7 Å². The van der Waals surface area contributed by atoms with Gasteiger partial charge in [0.1, 0.15) is 6.04 Å². The molecule has 0 bridgehead atoms. The number of nitrogens with zero attached hydrogens (tertiary/aromatic N) is 1. The molecule has 1 N–H and O–H groups in total. The molecule has 1 aliphatic rings. The van der Waals surface area contributed by atoms with Crippen LogP contribution in [0.4, 0.5) is 0 Å². The molecule has 0 radical (unpaired) electrons. The van der Waals surface area contributed by atoms with Crippen LogP contribution in [0.5, 0.6) is 0 Å². The van der Waals surface area contributed by atoms with Gasteiger partial charge in [0, 0.05) is 15.5 Å². The zero-order valence-corrected chi connectivity index (χ0v) is 12.4. The Hall–Kier alpha value is -0.570. The van der Waals surface area contributed by atoms with Gasteiger partial charge >= 0.3 is 5.97 Å². The molecule has 0 unspecified atom stereocenters. The van der Waals surface area contributed by atoms with Crippen LogP contribution >= 0.6 is 23.1 Å². The van der Waals surface area contributed by atoms with Crippen molar-refractivity contribution < 1.29 is 18.3 Å². The van der Waals surface area contributed by atoms with Gasteiger partial charge in [0.05, 0.1) is 10.8 Å². The quantitative estimate of drug-likeness (QED) is 0.916. The number of thioether (sulfide) groups is 1. The number of aliphatic carboxylic acids is 1. The summed E-state index contributed by atoms with van der Waals surface area (Å²) in [5.41, 5.74) is 0. The second-order valence-corrected chi connectivity index (χ2v) is 8.34. The van der Waals surface area contributed by atoms with Crippen molar-refractivity contribution >= 4 is 39.1 Å². The van der Waals surface area contributed by atoms with Crippen molar-refractivity contribution in [3.05, 3.63) is 15.8 Å². The summed E-state index contributed by atoms with van der Waals surface area (Å²) in [5.74, 6) is -0.585. The molecule has 0 aromatic carbocycles. The average Bonchev–Trinajstić information content (AvgIpc) is 2.84. The van der Waals surface area contributed by atoms with Gasteiger partial charge in [0.15, 0.2) is 0 Å². The van der Waals surface area contributed by atoms with Crippen LogP contribution in [0, 0.1) is 13.8 Å². The largest absolute Gasteiger partial charge is 0.480 e. The summed E-state index contributed by atoms with van der Waals surface area (Å²) < 4.78 is 26.0. The summed E-state index contributed by atoms with van der Waals surface area (Å²) >= 11 is 2.73. The lowest BCUT2D eigenvalue weighted by molar-refractivity contribution is -0.140. The van der Waals surface area contributed by atoms with Crippen LogP contribution in [0.15, 0.2) is 11.0 Å². The first-order valence-electron chi connectivity index (χ1n) is 5.23. The van der Waals surface area contributed by atoms with Crippen molar-refractivity contribution in [3.63, 3.8) is 0 Å². The van der Waals surface area contributed by atoms with Crippen LogP contribution < -0.4 is 0 Å². The monoisotopic (exact) mass is 307 g/mol. The zero-order chi connectivity index (χ0) is 13.5. The Morgan fingerprint density at radius 1 is 1.50 bits per heavy atom. The molecule has 5 nitrogen and oxygen atoms in total. The number of hydrogen-bond donors (Lipinski definition) is 1. The van der Waals surface area contributed by atoms with Crippen LogP contribution in [-0.2, 0) is 14.8 Å². The number of carbonyl (C=O) groups is 1. The van der Waals surface area contributed by atoms with Gasteiger partial charge in [-0.15, -0.1) is 23.1 Å². The maximum Gasteiger partial charge on any atom is 0.322 e. The van der Waals surface area contributed by atoms with E-state index in [0.29, 0.717) is 10.6 Å². The van der Waals surface area contributed by atoms with E-state index in [9.17, 15) is 13.2 Å². The molecule has 8 heteroatoms. The third kappa shape index (κ3) is 2.29. The third-order valence-corrected chi connectivity index (χ3v) is 6.96. The van der Waals surface area contributed by atoms with Crippen LogP contribution in [-0.4, -0.2) is 41.5 Å². The molecular weight excluding hydrogens is 294 g/mol. The molecule has 1 fully saturated rings. The van der Waals surface area contributed by atoms with Crippen molar-refractivity contribution in [3.8, 4) is 0 Å². The molecule has 2 heterocycles. The molecule has 2 rings (SSSR count). The van der Waals surface area contributed by atoms with Gasteiger partial charge in [0.2, 0.25) is 10.0 Å². The lowest BCUT2D eigenvalue weighted by Gasteiger charge is -2.19. The van der Waals surface area contributed by atoms with E-state index in [1.807, 2.05) is 6.92 Å². The Morgan fingerprint density at radius 2 is 2.17 bits per heavy atom. The molecule has 1 saturated heterocycles. The molecular formula is C10H13NO4S3. The number of aryl methyl sites for hydroxylation is 2. The number of sulfonamides is 1. The predicted octanol–water partition coefficient (Wildman–Crippen LogP) is 1.51. The molecule has 0 aliphatic carbocycles. The van der Waals surface area contributed by atoms with E-state index >= 15 is 0 Å². The summed E-state index contributed by atoms with van der Waals surface area (Å²) in [6, 6.07) is 0.650. The minimum absolute atomic E-state index is 0.202. The van der Waals surface area contributed by atoms with Crippen LogP contribution in [0.25, 0.3) is 0 Å². The molecule has 1 aromatic rings. The SMILES string of the molecule is Cc1cc(S(=O)(=O)N2CSC[C@@H]2C(=O)O)c(C)s1. The molecule has 100 valence electrons. The number of thiophene rings is 1. The predicted molar refractivity (Wildman–Crippen MR) is 71.6 cm³/mol. The van der Waals surface area contributed by atoms with E-state index in [1.165, 1.54) is 23.1 Å². The Balaban J connectivity index is 2.43. The normalized spacial score (nSPS) is 21.3. The summed E-state index contributed by atoms with van der Waals surface area (Å²) in [5, 5.41) is 9.05. The average molecular weight is 307 g/mol. The summed E-state index contributed by atoms with van der Waals surface area (Å²) in [4.78, 5) is 12.9. The Bertz CT molecular complexity index is 578. The summed E-state index contributed by atoms with van der Waals surface area (Å²) in [6.07, 6.45) is 0. The van der Waals surface area contributed by atoms with Gasteiger partial charge < -0.3 is 5.11 Å². The zero-order valence-electron chi connectivity index (χ0n) is 9.91. The van der Waals surface area contributed by atoms with Gasteiger partial charge in [-0.05, 0) is 19.9 Å². The van der Waals surface area contributed by atoms with E-state index in [0.717, 1.165) is 9.18 Å². The van der Waals surface area contributed by atoms with Gasteiger partial charge in [0.25, 0.3) is 0 Å². The number of hydrogen-bond acceptors (Lipinski definition) is 5. The van der Waals surface area contributed by atoms with E-state index in [1.54, 1.807) is 13.0 Å². The highest BCUT2D eigenvalue weighted by Gasteiger charge is 2.40. The molecule has 1 aliphatic heterocycles. The highest BCUT2D eigenvalue weighted by Crippen LogP contribution is 2.32. The highest BCUT2D eigenvalue weighted by molar-refractivity contribution is 8.00. The van der Waals surface area contributed by atoms with Crippen molar-refractivity contribution in [2.24, 2.45) is 0 Å². The van der Waals surface area contributed by atoms with E-state index < -0.39 is 22.0 Å². The molecule has 1 atom stereocenters. The number of carboxylic acids is 1. The van der Waals surface area contributed by atoms with Crippen molar-refractivity contribution in [1.29, 1.82) is 0 Å². The first-order chi connectivity index (χ1) is 8.34. The van der Waals surface area contributed by atoms with E-state index in [4.69, 9.17) is 5.11 Å². The van der Waals surface area contributed by atoms with E-state index in [2.05, 4.69) is 0 Å². The minimum atomic E-state index is -3.70. The molecule has 1 aromatic heterocycles. The van der Waals surface area contributed by atoms with Crippen molar-refractivity contribution in [1.82, 2.24) is 4.31 Å². The van der Waals surface area contributed by atoms with Crippen molar-refractivity contribution in [2.75, 3.05) is 11.6 Å². The maximum atomic E-state index is 12.4. The lowest BCUT2D eigenvalue weighted by Crippen LogP contribution is -2.41. The third-order valence-electron chi connectivity index (χ3n) is 2.71. The number of rotatable bonds is 3. The Kier molecular flexibility index (Phi) is 3.72. The summed E-state index contributed by atoms with van der Waals surface area (Å²) in [6.45, 7) is 3.58. The fraction of sp³-hybridized carbons (Fsp3) is 0.500. The van der Waals surface area contributed by atoms with Gasteiger partial charge in [-0.1, -0.05) is 0 Å². The van der Waals surface area contributed by atoms with Crippen LogP contribution in [0.3, 0.4) is 0 Å². The molecule has 0 saturated carbocycles. The first-order valence-corrected chi connectivity index (χ1v) is 8.64. The van der Waals surface area contributed by atoms with Gasteiger partial charge in [-0.25, -0.2) is 8.42 Å². The van der Waals surface area contributed by atoms with Crippen molar-refractivity contribution in [2.45, 2.75) is 24.8 Å². The van der Waals surface area contributed by atoms with E-state index in [-0.39, 0.29) is 10.8 Å². The number of carboxylic acid groups (broad SMARTS) is 1. The first kappa shape index (κ1) is 13.9. The molecule has 18 heavy (non-hydrogen) atoms. The second kappa shape index (κ2) is 4.84.